The lowest BCUT2D eigenvalue weighted by atomic mass is 10.0. The summed E-state index contributed by atoms with van der Waals surface area (Å²) in [6.45, 7) is 7.13. The highest BCUT2D eigenvalue weighted by atomic mass is 16.2. The molecule has 0 aromatic carbocycles. The van der Waals surface area contributed by atoms with Crippen LogP contribution in [0.4, 0.5) is 0 Å². The van der Waals surface area contributed by atoms with E-state index in [0.717, 1.165) is 5.57 Å². The van der Waals surface area contributed by atoms with E-state index in [4.69, 9.17) is 11.5 Å². The van der Waals surface area contributed by atoms with Gasteiger partial charge < -0.3 is 16.8 Å². The Labute approximate surface area is 114 Å². The number of rotatable bonds is 8. The predicted molar refractivity (Wildman–Crippen MR) is 79.9 cm³/mol. The largest absolute Gasteiger partial charge is 0.366 e. The number of hydrogen-bond acceptors (Lipinski definition) is 3. The Kier molecular flexibility index (Phi) is 7.96. The zero-order chi connectivity index (χ0) is 14.8. The van der Waals surface area contributed by atoms with Crippen LogP contribution in [0.15, 0.2) is 48.6 Å². The Morgan fingerprint density at radius 2 is 1.89 bits per heavy atom. The van der Waals surface area contributed by atoms with Crippen LogP contribution in [-0.4, -0.2) is 32.1 Å². The predicted octanol–water partition coefficient (Wildman–Crippen LogP) is -0.879. The standard InChI is InChI=1S/C13H20BN3O2/c1-3-9(5-6-10(4-2)12(16)18)7-11(15)13(19)17-8-14/h3-6,11H,1-2,7-8,14-15H2,(H2,16,18)(H,17,19)/b9-5+,10-6+. The number of primary amides is 1. The van der Waals surface area contributed by atoms with E-state index in [9.17, 15) is 9.59 Å². The normalized spacial score (nSPS) is 13.5. The Morgan fingerprint density at radius 1 is 1.26 bits per heavy atom. The van der Waals surface area contributed by atoms with Gasteiger partial charge in [-0.1, -0.05) is 31.4 Å². The van der Waals surface area contributed by atoms with Crippen molar-refractivity contribution in [1.82, 2.24) is 5.32 Å². The van der Waals surface area contributed by atoms with Crippen LogP contribution in [0.3, 0.4) is 0 Å². The van der Waals surface area contributed by atoms with Crippen LogP contribution < -0.4 is 16.8 Å². The first-order valence-electron chi connectivity index (χ1n) is 5.95. The van der Waals surface area contributed by atoms with E-state index >= 15 is 0 Å². The second-order valence-electron chi connectivity index (χ2n) is 3.84. The molecule has 0 saturated heterocycles. The fourth-order valence-electron chi connectivity index (χ4n) is 1.32. The summed E-state index contributed by atoms with van der Waals surface area (Å²) >= 11 is 0. The Hall–Kier alpha value is -2.08. The summed E-state index contributed by atoms with van der Waals surface area (Å²) in [6, 6.07) is -0.654. The van der Waals surface area contributed by atoms with E-state index in [0.29, 0.717) is 12.9 Å². The van der Waals surface area contributed by atoms with E-state index in [1.165, 1.54) is 12.2 Å². The van der Waals surface area contributed by atoms with Gasteiger partial charge in [0.05, 0.1) is 6.04 Å². The molecule has 0 radical (unpaired) electrons. The highest BCUT2D eigenvalue weighted by molar-refractivity contribution is 6.10. The van der Waals surface area contributed by atoms with Crippen LogP contribution in [0, 0.1) is 0 Å². The average molecular weight is 261 g/mol. The van der Waals surface area contributed by atoms with Gasteiger partial charge in [0.2, 0.25) is 11.8 Å². The second-order valence-corrected chi connectivity index (χ2v) is 3.84. The van der Waals surface area contributed by atoms with E-state index in [1.807, 2.05) is 7.85 Å². The first-order chi connectivity index (χ1) is 8.96. The van der Waals surface area contributed by atoms with Crippen molar-refractivity contribution in [3.63, 3.8) is 0 Å². The van der Waals surface area contributed by atoms with Crippen LogP contribution in [-0.2, 0) is 9.59 Å². The maximum absolute atomic E-state index is 11.5. The van der Waals surface area contributed by atoms with Gasteiger partial charge in [-0.25, -0.2) is 0 Å². The maximum atomic E-state index is 11.5. The van der Waals surface area contributed by atoms with Crippen molar-refractivity contribution in [2.24, 2.45) is 11.5 Å². The number of nitrogens with two attached hydrogens (primary N) is 2. The molecule has 0 fully saturated rings. The third kappa shape index (κ3) is 6.42. The topological polar surface area (TPSA) is 98.2 Å². The van der Waals surface area contributed by atoms with E-state index < -0.39 is 11.9 Å². The number of allylic oxidation sites excluding steroid dienone is 3. The number of carbonyl (C=O) groups excluding carboxylic acids is 2. The quantitative estimate of drug-likeness (QED) is 0.300. The lowest BCUT2D eigenvalue weighted by Gasteiger charge is -2.11. The lowest BCUT2D eigenvalue weighted by Crippen LogP contribution is -2.41. The molecule has 0 aliphatic heterocycles. The Morgan fingerprint density at radius 3 is 2.32 bits per heavy atom. The molecule has 0 heterocycles. The van der Waals surface area contributed by atoms with Gasteiger partial charge in [-0.2, -0.15) is 0 Å². The molecule has 0 aliphatic carbocycles. The van der Waals surface area contributed by atoms with Crippen molar-refractivity contribution in [1.29, 1.82) is 0 Å². The molecule has 19 heavy (non-hydrogen) atoms. The van der Waals surface area contributed by atoms with E-state index in [1.54, 1.807) is 12.2 Å². The van der Waals surface area contributed by atoms with Crippen molar-refractivity contribution in [2.75, 3.05) is 6.44 Å². The fourth-order valence-corrected chi connectivity index (χ4v) is 1.32. The first-order valence-corrected chi connectivity index (χ1v) is 5.95. The highest BCUT2D eigenvalue weighted by Crippen LogP contribution is 2.07. The molecule has 1 unspecified atom stereocenters. The third-order valence-electron chi connectivity index (χ3n) is 2.39. The van der Waals surface area contributed by atoms with Gasteiger partial charge in [0.1, 0.15) is 7.85 Å². The van der Waals surface area contributed by atoms with Crippen molar-refractivity contribution < 1.29 is 9.59 Å². The van der Waals surface area contributed by atoms with E-state index in [2.05, 4.69) is 18.5 Å². The van der Waals surface area contributed by atoms with Crippen molar-refractivity contribution in [2.45, 2.75) is 12.5 Å². The molecule has 102 valence electrons. The molecule has 0 rings (SSSR count). The molecule has 0 spiro atoms. The minimum Gasteiger partial charge on any atom is -0.366 e. The molecule has 1 atom stereocenters. The highest BCUT2D eigenvalue weighted by Gasteiger charge is 2.12. The van der Waals surface area contributed by atoms with Gasteiger partial charge in [-0.15, -0.1) is 0 Å². The van der Waals surface area contributed by atoms with Crippen molar-refractivity contribution in [3.05, 3.63) is 48.6 Å². The smallest absolute Gasteiger partial charge is 0.248 e. The van der Waals surface area contributed by atoms with Crippen molar-refractivity contribution in [3.8, 4) is 0 Å². The van der Waals surface area contributed by atoms with Gasteiger partial charge in [-0.3, -0.25) is 9.59 Å². The molecule has 0 aromatic heterocycles. The van der Waals surface area contributed by atoms with Gasteiger partial charge in [0.15, 0.2) is 0 Å². The van der Waals surface area contributed by atoms with Crippen LogP contribution in [0.25, 0.3) is 0 Å². The third-order valence-corrected chi connectivity index (χ3v) is 2.39. The van der Waals surface area contributed by atoms with Crippen molar-refractivity contribution >= 4 is 19.7 Å². The summed E-state index contributed by atoms with van der Waals surface area (Å²) in [7, 11) is 1.82. The van der Waals surface area contributed by atoms with Crippen LogP contribution >= 0.6 is 0 Å². The first kappa shape index (κ1) is 16.9. The molecule has 6 heteroatoms. The van der Waals surface area contributed by atoms with E-state index in [-0.39, 0.29) is 11.5 Å². The monoisotopic (exact) mass is 261 g/mol. The van der Waals surface area contributed by atoms with Gasteiger partial charge in [-0.05, 0) is 24.5 Å². The summed E-state index contributed by atoms with van der Waals surface area (Å²) in [5.74, 6) is -0.791. The molecule has 2 amide bonds. The summed E-state index contributed by atoms with van der Waals surface area (Å²) in [6.07, 6.45) is 6.97. The summed E-state index contributed by atoms with van der Waals surface area (Å²) in [4.78, 5) is 22.5. The zero-order valence-electron chi connectivity index (χ0n) is 11.2. The average Bonchev–Trinajstić information content (AvgIpc) is 2.37. The van der Waals surface area contributed by atoms with Gasteiger partial charge >= 0.3 is 0 Å². The molecule has 0 saturated carbocycles. The number of hydrogen-bond donors (Lipinski definition) is 3. The minimum atomic E-state index is -0.654. The molecule has 0 aliphatic rings. The zero-order valence-corrected chi connectivity index (χ0v) is 11.2. The van der Waals surface area contributed by atoms with Crippen LogP contribution in [0.2, 0.25) is 0 Å². The molecule has 5 nitrogen and oxygen atoms in total. The molecule has 0 aromatic rings. The fraction of sp³-hybridized carbons (Fsp3) is 0.231. The second kappa shape index (κ2) is 8.94. The minimum absolute atomic E-state index is 0.224. The summed E-state index contributed by atoms with van der Waals surface area (Å²) < 4.78 is 0. The molecular formula is C13H20BN3O2. The molecule has 5 N–H and O–H groups in total. The van der Waals surface area contributed by atoms with Gasteiger partial charge in [0, 0.05) is 5.57 Å². The Bertz CT molecular complexity index is 428. The van der Waals surface area contributed by atoms with Gasteiger partial charge in [0.25, 0.3) is 0 Å². The Balaban J connectivity index is 4.84. The van der Waals surface area contributed by atoms with Crippen LogP contribution in [0.5, 0.6) is 0 Å². The van der Waals surface area contributed by atoms with Crippen LogP contribution in [0.1, 0.15) is 6.42 Å². The number of carbonyl (C=O) groups is 2. The summed E-state index contributed by atoms with van der Waals surface area (Å²) in [5.41, 5.74) is 11.9. The maximum Gasteiger partial charge on any atom is 0.248 e. The molecule has 0 bridgehead atoms. The SMILES string of the molecule is BCNC(=O)C(N)C/C(C=C)=C/C=C(\C=C)C(N)=O. The molecular weight excluding hydrogens is 241 g/mol. The lowest BCUT2D eigenvalue weighted by molar-refractivity contribution is -0.122. The number of nitrogens with one attached hydrogen (secondary N) is 1. The number of amides is 2. The summed E-state index contributed by atoms with van der Waals surface area (Å²) in [5, 5.41) is 2.64.